The highest BCUT2D eigenvalue weighted by Gasteiger charge is 2.38. The SMILES string of the molecule is CCCCCCCC/C=C\CCCCCCCC(=O)OCC(COC(=O)CCCCCCC/C=C\CCCCCCCC)(COC(=O)CCCCCCC/C=C\CCCCCCCC)NC(=O)CN(CCN(CCN(CC(=O)O)CC(=O)O)CC(=O)O)CC(=O)O. The molecule has 19 nitrogen and oxygen atoms in total. The molecule has 0 atom stereocenters. The molecular weight excluding hydrogens is 1160 g/mol. The molecule has 1 amide bonds. The molecule has 0 spiro atoms. The first-order valence-corrected chi connectivity index (χ1v) is 35.8. The third kappa shape index (κ3) is 59.6. The summed E-state index contributed by atoms with van der Waals surface area (Å²) in [6.45, 7) is 1.44. The van der Waals surface area contributed by atoms with Crippen LogP contribution in [0.1, 0.15) is 290 Å². The Hall–Kier alpha value is -5.14. The first-order chi connectivity index (χ1) is 44.0. The highest BCUT2D eigenvalue weighted by atomic mass is 16.6. The second-order valence-electron chi connectivity index (χ2n) is 25.1. The van der Waals surface area contributed by atoms with Crippen LogP contribution in [0.15, 0.2) is 36.5 Å². The summed E-state index contributed by atoms with van der Waals surface area (Å²) in [6, 6.07) is 0. The quantitative estimate of drug-likeness (QED) is 0.0164. The highest BCUT2D eigenvalue weighted by Crippen LogP contribution is 2.18. The predicted molar refractivity (Wildman–Crippen MR) is 362 cm³/mol. The zero-order chi connectivity index (χ0) is 67.1. The lowest BCUT2D eigenvalue weighted by molar-refractivity contribution is -0.160. The van der Waals surface area contributed by atoms with E-state index < -0.39 is 106 Å². The number of unbranched alkanes of at least 4 members (excludes halogenated alkanes) is 33. The number of aliphatic carboxylic acids is 4. The minimum Gasteiger partial charge on any atom is -0.480 e. The van der Waals surface area contributed by atoms with E-state index in [4.69, 9.17) is 14.2 Å². The molecule has 0 saturated heterocycles. The zero-order valence-electron chi connectivity index (χ0n) is 57.3. The molecule has 91 heavy (non-hydrogen) atoms. The molecule has 0 fully saturated rings. The van der Waals surface area contributed by atoms with Gasteiger partial charge < -0.3 is 40.0 Å². The van der Waals surface area contributed by atoms with Crippen LogP contribution in [0, 0.1) is 0 Å². The maximum Gasteiger partial charge on any atom is 0.317 e. The van der Waals surface area contributed by atoms with Gasteiger partial charge in [-0.15, -0.1) is 0 Å². The lowest BCUT2D eigenvalue weighted by atomic mass is 10.0. The summed E-state index contributed by atoms with van der Waals surface area (Å²) in [4.78, 5) is 106. The Morgan fingerprint density at radius 3 is 0.791 bits per heavy atom. The van der Waals surface area contributed by atoms with E-state index >= 15 is 0 Å². The molecule has 0 saturated carbocycles. The molecule has 0 rings (SSSR count). The Balaban J connectivity index is 6.27. The summed E-state index contributed by atoms with van der Waals surface area (Å²) in [5.41, 5.74) is -1.80. The lowest BCUT2D eigenvalue weighted by Crippen LogP contribution is -2.61. The fourth-order valence-electron chi connectivity index (χ4n) is 10.7. The van der Waals surface area contributed by atoms with E-state index in [1.54, 1.807) is 0 Å². The predicted octanol–water partition coefficient (Wildman–Crippen LogP) is 14.8. The summed E-state index contributed by atoms with van der Waals surface area (Å²) < 4.78 is 17.6. The number of nitrogens with one attached hydrogen (secondary N) is 1. The van der Waals surface area contributed by atoms with Gasteiger partial charge in [0.05, 0.1) is 32.7 Å². The number of esters is 3. The molecule has 0 unspecified atom stereocenters. The number of carboxylic acid groups (broad SMARTS) is 4. The van der Waals surface area contributed by atoms with Crippen molar-refractivity contribution in [1.29, 1.82) is 0 Å². The van der Waals surface area contributed by atoms with Crippen molar-refractivity contribution >= 4 is 47.7 Å². The largest absolute Gasteiger partial charge is 0.480 e. The van der Waals surface area contributed by atoms with Crippen molar-refractivity contribution in [3.05, 3.63) is 36.5 Å². The summed E-state index contributed by atoms with van der Waals surface area (Å²) in [6.07, 6.45) is 56.3. The number of allylic oxidation sites excluding steroid dienone is 6. The minimum atomic E-state index is -1.80. The van der Waals surface area contributed by atoms with E-state index in [1.807, 2.05) is 0 Å². The second-order valence-corrected chi connectivity index (χ2v) is 25.1. The van der Waals surface area contributed by atoms with Gasteiger partial charge in [0, 0.05) is 45.4 Å². The molecule has 0 aliphatic carbocycles. The average molecular weight is 1290 g/mol. The van der Waals surface area contributed by atoms with Crippen molar-refractivity contribution in [2.24, 2.45) is 0 Å². The number of nitrogens with zero attached hydrogens (tertiary/aromatic N) is 3. The van der Waals surface area contributed by atoms with Gasteiger partial charge >= 0.3 is 41.8 Å². The van der Waals surface area contributed by atoms with Crippen LogP contribution in [0.4, 0.5) is 0 Å². The van der Waals surface area contributed by atoms with Crippen LogP contribution in [0.5, 0.6) is 0 Å². The monoisotopic (exact) mass is 1290 g/mol. The van der Waals surface area contributed by atoms with E-state index in [0.29, 0.717) is 19.3 Å². The van der Waals surface area contributed by atoms with Crippen LogP contribution in [0.3, 0.4) is 0 Å². The number of ether oxygens (including phenoxy) is 3. The van der Waals surface area contributed by atoms with Gasteiger partial charge in [0.2, 0.25) is 5.91 Å². The first-order valence-electron chi connectivity index (χ1n) is 35.8. The highest BCUT2D eigenvalue weighted by molar-refractivity contribution is 5.80. The van der Waals surface area contributed by atoms with Gasteiger partial charge in [-0.05, 0) is 96.3 Å². The first kappa shape index (κ1) is 85.9. The number of carbonyl (C=O) groups is 8. The molecule has 0 aliphatic heterocycles. The minimum absolute atomic E-state index is 0.0797. The van der Waals surface area contributed by atoms with Gasteiger partial charge in [0.15, 0.2) is 0 Å². The van der Waals surface area contributed by atoms with E-state index in [2.05, 4.69) is 62.5 Å². The van der Waals surface area contributed by atoms with Crippen molar-refractivity contribution < 1.29 is 73.0 Å². The van der Waals surface area contributed by atoms with Crippen LogP contribution in [-0.2, 0) is 52.6 Å². The lowest BCUT2D eigenvalue weighted by Gasteiger charge is -2.34. The molecule has 526 valence electrons. The third-order valence-corrected chi connectivity index (χ3v) is 16.1. The number of amides is 1. The van der Waals surface area contributed by atoms with Gasteiger partial charge in [0.25, 0.3) is 0 Å². The smallest absolute Gasteiger partial charge is 0.317 e. The van der Waals surface area contributed by atoms with E-state index in [1.165, 1.54) is 125 Å². The van der Waals surface area contributed by atoms with Crippen LogP contribution in [0.2, 0.25) is 0 Å². The standard InChI is InChI=1S/C72H128N4O15/c1-4-7-10-13-16-19-22-25-28-31-34-37-40-43-46-49-69(86)89-61-72(62-90-70(87)50-47-44-41-38-35-32-29-26-23-20-17-14-11-8-5-2,63-91-71(88)51-48-45-42-39-36-33-30-27-24-21-18-15-12-9-6-3)73-64(77)56-75(58-66(80)81)54-52-74(57-65(78)79)53-55-76(59-67(82)83)60-68(84)85/h25-30H,4-24,31-63H2,1-3H3,(H,73,77)(H,78,79)(H,80,81)(H,82,83)(H,84,85)/b28-25-,29-26-,30-27-. The maximum absolute atomic E-state index is 14.3. The summed E-state index contributed by atoms with van der Waals surface area (Å²) in [5, 5.41) is 41.2. The van der Waals surface area contributed by atoms with Crippen LogP contribution >= 0.6 is 0 Å². The number of carboxylic acids is 4. The Labute approximate surface area is 549 Å². The fraction of sp³-hybridized carbons (Fsp3) is 0.806. The number of hydrogen-bond donors (Lipinski definition) is 5. The Bertz CT molecular complexity index is 1810. The third-order valence-electron chi connectivity index (χ3n) is 16.1. The average Bonchev–Trinajstić information content (AvgIpc) is 3.67. The van der Waals surface area contributed by atoms with Gasteiger partial charge in [-0.3, -0.25) is 53.1 Å². The molecule has 0 bridgehead atoms. The van der Waals surface area contributed by atoms with Gasteiger partial charge in [-0.2, -0.15) is 0 Å². The summed E-state index contributed by atoms with van der Waals surface area (Å²) >= 11 is 0. The van der Waals surface area contributed by atoms with Crippen molar-refractivity contribution in [3.63, 3.8) is 0 Å². The molecule has 0 aromatic heterocycles. The zero-order valence-corrected chi connectivity index (χ0v) is 57.3. The van der Waals surface area contributed by atoms with Crippen molar-refractivity contribution in [1.82, 2.24) is 20.0 Å². The molecule has 0 aliphatic rings. The topological polar surface area (TPSA) is 267 Å². The molecule has 0 radical (unpaired) electrons. The number of carbonyl (C=O) groups excluding carboxylic acids is 4. The number of hydrogen-bond acceptors (Lipinski definition) is 14. The normalized spacial score (nSPS) is 11.9. The number of rotatable bonds is 68. The second kappa shape index (κ2) is 62.3. The van der Waals surface area contributed by atoms with E-state index in [9.17, 15) is 58.8 Å². The van der Waals surface area contributed by atoms with Crippen LogP contribution < -0.4 is 5.32 Å². The van der Waals surface area contributed by atoms with Crippen molar-refractivity contribution in [3.8, 4) is 0 Å². The van der Waals surface area contributed by atoms with Gasteiger partial charge in [-0.25, -0.2) is 0 Å². The maximum atomic E-state index is 14.3. The molecular formula is C72H128N4O15. The molecule has 0 aromatic rings. The van der Waals surface area contributed by atoms with Gasteiger partial charge in [0.1, 0.15) is 25.4 Å². The van der Waals surface area contributed by atoms with Crippen molar-refractivity contribution in [2.75, 3.05) is 78.7 Å². The summed E-state index contributed by atoms with van der Waals surface area (Å²) in [7, 11) is 0. The molecule has 19 heteroatoms. The van der Waals surface area contributed by atoms with Crippen LogP contribution in [-0.4, -0.2) is 167 Å². The Morgan fingerprint density at radius 1 is 0.308 bits per heavy atom. The van der Waals surface area contributed by atoms with E-state index in [-0.39, 0.29) is 45.4 Å². The summed E-state index contributed by atoms with van der Waals surface area (Å²) in [5.74, 6) is -7.61. The van der Waals surface area contributed by atoms with E-state index in [0.717, 1.165) is 120 Å². The molecule has 0 aromatic carbocycles. The Kier molecular flexibility index (Phi) is 58.8. The fourth-order valence-corrected chi connectivity index (χ4v) is 10.7. The van der Waals surface area contributed by atoms with Crippen molar-refractivity contribution in [2.45, 2.75) is 296 Å². The molecule has 0 heterocycles. The molecule has 5 N–H and O–H groups in total. The van der Waals surface area contributed by atoms with Crippen LogP contribution in [0.25, 0.3) is 0 Å². The Morgan fingerprint density at radius 2 is 0.527 bits per heavy atom. The van der Waals surface area contributed by atoms with Gasteiger partial charge in [-0.1, -0.05) is 211 Å².